The van der Waals surface area contributed by atoms with E-state index in [1.54, 1.807) is 5.57 Å². The Morgan fingerprint density at radius 3 is 2.78 bits per heavy atom. The number of rotatable bonds is 13. The second-order valence-corrected chi connectivity index (χ2v) is 9.13. The standard InChI is InChI=1S/C24H43NO2/c1-4-6-13-24(3,27)14-10-12-21-22-17-19(16-20(22)18-23(21)26)11-8-7-9-15-25-5-2/h10,12,16,20-23,25-27H,4-9,11,13-15,17-18H2,1-3H3/t20-,21+,22-,23+,24-/m0/s1. The van der Waals surface area contributed by atoms with Gasteiger partial charge in [-0.3, -0.25) is 0 Å². The number of allylic oxidation sites excluding steroid dienone is 2. The van der Waals surface area contributed by atoms with Gasteiger partial charge in [0.1, 0.15) is 0 Å². The first kappa shape index (κ1) is 22.6. The third-order valence-corrected chi connectivity index (χ3v) is 6.54. The van der Waals surface area contributed by atoms with E-state index in [1.165, 1.54) is 25.7 Å². The highest BCUT2D eigenvalue weighted by Gasteiger charge is 2.43. The Labute approximate surface area is 167 Å². The van der Waals surface area contributed by atoms with Crippen LogP contribution in [0.25, 0.3) is 0 Å². The average Bonchev–Trinajstić information content (AvgIpc) is 3.14. The summed E-state index contributed by atoms with van der Waals surface area (Å²) < 4.78 is 0. The molecular formula is C24H43NO2. The smallest absolute Gasteiger partial charge is 0.0654 e. The molecular weight excluding hydrogens is 334 g/mol. The van der Waals surface area contributed by atoms with Crippen LogP contribution in [-0.4, -0.2) is 35.0 Å². The van der Waals surface area contributed by atoms with Gasteiger partial charge in [-0.2, -0.15) is 0 Å². The molecule has 0 aliphatic heterocycles. The highest BCUT2D eigenvalue weighted by molar-refractivity contribution is 5.20. The maximum absolute atomic E-state index is 10.5. The summed E-state index contributed by atoms with van der Waals surface area (Å²) in [6.07, 6.45) is 17.5. The normalized spacial score (nSPS) is 29.9. The van der Waals surface area contributed by atoms with Gasteiger partial charge in [0.2, 0.25) is 0 Å². The minimum Gasteiger partial charge on any atom is -0.392 e. The van der Waals surface area contributed by atoms with Gasteiger partial charge in [-0.05, 0) is 76.8 Å². The predicted octanol–water partition coefficient (Wildman–Crippen LogP) is 4.99. The van der Waals surface area contributed by atoms with Gasteiger partial charge in [0.15, 0.2) is 0 Å². The molecule has 2 aliphatic rings. The molecule has 0 saturated heterocycles. The molecule has 0 heterocycles. The number of hydrogen-bond acceptors (Lipinski definition) is 3. The first-order valence-electron chi connectivity index (χ1n) is 11.4. The topological polar surface area (TPSA) is 52.5 Å². The highest BCUT2D eigenvalue weighted by atomic mass is 16.3. The quantitative estimate of drug-likeness (QED) is 0.313. The predicted molar refractivity (Wildman–Crippen MR) is 115 cm³/mol. The molecule has 0 amide bonds. The molecule has 0 spiro atoms. The number of hydrogen-bond donors (Lipinski definition) is 3. The van der Waals surface area contributed by atoms with Crippen molar-refractivity contribution in [1.82, 2.24) is 5.32 Å². The largest absolute Gasteiger partial charge is 0.392 e. The number of aliphatic hydroxyl groups excluding tert-OH is 1. The van der Waals surface area contributed by atoms with E-state index in [2.05, 4.69) is 37.4 Å². The molecule has 0 aromatic heterocycles. The molecule has 1 fully saturated rings. The van der Waals surface area contributed by atoms with E-state index in [9.17, 15) is 10.2 Å². The lowest BCUT2D eigenvalue weighted by Gasteiger charge is -2.22. The Morgan fingerprint density at radius 1 is 1.22 bits per heavy atom. The lowest BCUT2D eigenvalue weighted by molar-refractivity contribution is 0.0513. The van der Waals surface area contributed by atoms with Gasteiger partial charge < -0.3 is 15.5 Å². The van der Waals surface area contributed by atoms with Gasteiger partial charge in [0.25, 0.3) is 0 Å². The van der Waals surface area contributed by atoms with Crippen molar-refractivity contribution < 1.29 is 10.2 Å². The van der Waals surface area contributed by atoms with Gasteiger partial charge in [0.05, 0.1) is 11.7 Å². The summed E-state index contributed by atoms with van der Waals surface area (Å²) in [4.78, 5) is 0. The van der Waals surface area contributed by atoms with Crippen LogP contribution in [-0.2, 0) is 0 Å². The molecule has 27 heavy (non-hydrogen) atoms. The Hall–Kier alpha value is -0.640. The third-order valence-electron chi connectivity index (χ3n) is 6.54. The first-order chi connectivity index (χ1) is 13.0. The Bertz CT molecular complexity index is 483. The monoisotopic (exact) mass is 377 g/mol. The van der Waals surface area contributed by atoms with Crippen LogP contribution in [0.15, 0.2) is 23.8 Å². The number of unbranched alkanes of at least 4 members (excludes halogenated alkanes) is 3. The molecule has 5 atom stereocenters. The summed E-state index contributed by atoms with van der Waals surface area (Å²) in [7, 11) is 0. The van der Waals surface area contributed by atoms with Crippen LogP contribution < -0.4 is 5.32 Å². The molecule has 0 aromatic carbocycles. The number of fused-ring (bicyclic) bond motifs is 1. The van der Waals surface area contributed by atoms with Crippen molar-refractivity contribution in [3.63, 3.8) is 0 Å². The van der Waals surface area contributed by atoms with Gasteiger partial charge in [-0.15, -0.1) is 0 Å². The van der Waals surface area contributed by atoms with E-state index in [1.807, 2.05) is 6.92 Å². The minimum absolute atomic E-state index is 0.213. The first-order valence-corrected chi connectivity index (χ1v) is 11.4. The van der Waals surface area contributed by atoms with Crippen LogP contribution in [0.5, 0.6) is 0 Å². The van der Waals surface area contributed by atoms with Crippen molar-refractivity contribution in [2.24, 2.45) is 17.8 Å². The van der Waals surface area contributed by atoms with E-state index >= 15 is 0 Å². The van der Waals surface area contributed by atoms with E-state index in [4.69, 9.17) is 0 Å². The summed E-state index contributed by atoms with van der Waals surface area (Å²) in [5.74, 6) is 1.40. The van der Waals surface area contributed by atoms with E-state index in [0.29, 0.717) is 18.3 Å². The van der Waals surface area contributed by atoms with Crippen LogP contribution in [0, 0.1) is 17.8 Å². The molecule has 0 aromatic rings. The van der Waals surface area contributed by atoms with Crippen molar-refractivity contribution in [3.05, 3.63) is 23.8 Å². The van der Waals surface area contributed by atoms with E-state index < -0.39 is 5.60 Å². The Balaban J connectivity index is 1.75. The van der Waals surface area contributed by atoms with E-state index in [-0.39, 0.29) is 12.0 Å². The fourth-order valence-electron chi connectivity index (χ4n) is 4.88. The molecule has 1 saturated carbocycles. The maximum atomic E-state index is 10.5. The Morgan fingerprint density at radius 2 is 2.04 bits per heavy atom. The molecule has 0 radical (unpaired) electrons. The molecule has 2 rings (SSSR count). The van der Waals surface area contributed by atoms with Crippen LogP contribution in [0.4, 0.5) is 0 Å². The summed E-state index contributed by atoms with van der Waals surface area (Å²) in [5, 5.41) is 24.4. The molecule has 156 valence electrons. The van der Waals surface area contributed by atoms with Crippen LogP contribution in [0.1, 0.15) is 85.0 Å². The van der Waals surface area contributed by atoms with Crippen molar-refractivity contribution in [3.8, 4) is 0 Å². The van der Waals surface area contributed by atoms with Crippen molar-refractivity contribution in [2.45, 2.75) is 96.7 Å². The molecule has 3 nitrogen and oxygen atoms in total. The minimum atomic E-state index is -0.610. The SMILES string of the molecule is CCCC[C@](C)(O)CC=C[C@@H]1[C@H]2CC(CCCCCNCC)=C[C@H]2C[C@H]1O. The van der Waals surface area contributed by atoms with Crippen LogP contribution in [0.3, 0.4) is 0 Å². The zero-order chi connectivity index (χ0) is 19.7. The number of nitrogens with one attached hydrogen (secondary N) is 1. The Kier molecular flexibility index (Phi) is 9.55. The lowest BCUT2D eigenvalue weighted by atomic mass is 9.87. The van der Waals surface area contributed by atoms with Crippen molar-refractivity contribution in [2.75, 3.05) is 13.1 Å². The van der Waals surface area contributed by atoms with Gasteiger partial charge in [0, 0.05) is 5.92 Å². The number of aliphatic hydroxyl groups is 2. The second kappa shape index (κ2) is 11.4. The zero-order valence-corrected chi connectivity index (χ0v) is 17.9. The summed E-state index contributed by atoms with van der Waals surface area (Å²) in [5.41, 5.74) is 1.01. The fraction of sp³-hybridized carbons (Fsp3) is 0.833. The van der Waals surface area contributed by atoms with Crippen LogP contribution in [0.2, 0.25) is 0 Å². The zero-order valence-electron chi connectivity index (χ0n) is 17.9. The van der Waals surface area contributed by atoms with Crippen LogP contribution >= 0.6 is 0 Å². The third kappa shape index (κ3) is 7.36. The lowest BCUT2D eigenvalue weighted by Crippen LogP contribution is -2.23. The maximum Gasteiger partial charge on any atom is 0.0654 e. The van der Waals surface area contributed by atoms with Crippen molar-refractivity contribution >= 4 is 0 Å². The molecule has 2 aliphatic carbocycles. The summed E-state index contributed by atoms with van der Waals surface area (Å²) in [6, 6.07) is 0. The average molecular weight is 378 g/mol. The van der Waals surface area contributed by atoms with Crippen molar-refractivity contribution in [1.29, 1.82) is 0 Å². The molecule has 0 unspecified atom stereocenters. The van der Waals surface area contributed by atoms with Gasteiger partial charge in [-0.25, -0.2) is 0 Å². The molecule has 3 heteroatoms. The molecule has 3 N–H and O–H groups in total. The molecule has 0 bridgehead atoms. The van der Waals surface area contributed by atoms with Gasteiger partial charge >= 0.3 is 0 Å². The fourth-order valence-corrected chi connectivity index (χ4v) is 4.88. The van der Waals surface area contributed by atoms with Gasteiger partial charge in [-0.1, -0.05) is 56.9 Å². The summed E-state index contributed by atoms with van der Waals surface area (Å²) in [6.45, 7) is 8.47. The second-order valence-electron chi connectivity index (χ2n) is 9.13. The summed E-state index contributed by atoms with van der Waals surface area (Å²) >= 11 is 0. The highest BCUT2D eigenvalue weighted by Crippen LogP contribution is 2.48. The van der Waals surface area contributed by atoms with E-state index in [0.717, 1.165) is 45.2 Å².